The number of anilines is 2. The van der Waals surface area contributed by atoms with Crippen LogP contribution in [0.25, 0.3) is 10.8 Å². The summed E-state index contributed by atoms with van der Waals surface area (Å²) in [7, 11) is -0.0408. The van der Waals surface area contributed by atoms with Crippen molar-refractivity contribution in [1.29, 1.82) is 0 Å². The van der Waals surface area contributed by atoms with E-state index in [2.05, 4.69) is 9.71 Å². The summed E-state index contributed by atoms with van der Waals surface area (Å²) >= 11 is 0. The summed E-state index contributed by atoms with van der Waals surface area (Å²) in [4.78, 5) is 6.35. The largest absolute Gasteiger partial charge is 0.485 e. The SMILES string of the molecule is CN(C)c1cccc2c(S(=O)(=O)Nc3ncccc3OCc3ccccc3)cccc12. The van der Waals surface area contributed by atoms with E-state index in [-0.39, 0.29) is 10.7 Å². The van der Waals surface area contributed by atoms with Crippen molar-refractivity contribution in [2.75, 3.05) is 23.7 Å². The lowest BCUT2D eigenvalue weighted by molar-refractivity contribution is 0.307. The Morgan fingerprint density at radius 2 is 1.61 bits per heavy atom. The van der Waals surface area contributed by atoms with Gasteiger partial charge in [0, 0.05) is 36.8 Å². The Bertz CT molecular complexity index is 1310. The first-order valence-electron chi connectivity index (χ1n) is 9.79. The van der Waals surface area contributed by atoms with E-state index in [1.54, 1.807) is 24.3 Å². The Hall–Kier alpha value is -3.58. The number of nitrogens with one attached hydrogen (secondary N) is 1. The standard InChI is InChI=1S/C24H23N3O3S/c1-27(2)21-13-6-12-20-19(21)11-7-15-23(20)31(28,29)26-24-22(14-8-16-25-24)30-17-18-9-4-3-5-10-18/h3-16H,17H2,1-2H3,(H,25,26). The number of aromatic nitrogens is 1. The highest BCUT2D eigenvalue weighted by Crippen LogP contribution is 2.32. The lowest BCUT2D eigenvalue weighted by Crippen LogP contribution is -2.16. The van der Waals surface area contributed by atoms with Gasteiger partial charge in [-0.15, -0.1) is 0 Å². The third-order valence-corrected chi connectivity index (χ3v) is 6.27. The summed E-state index contributed by atoms with van der Waals surface area (Å²) in [5.74, 6) is 0.517. The number of hydrogen-bond acceptors (Lipinski definition) is 5. The van der Waals surface area contributed by atoms with E-state index in [1.165, 1.54) is 6.20 Å². The minimum absolute atomic E-state index is 0.152. The monoisotopic (exact) mass is 433 g/mol. The number of benzene rings is 3. The van der Waals surface area contributed by atoms with Crippen LogP contribution in [-0.2, 0) is 16.6 Å². The van der Waals surface area contributed by atoms with E-state index in [9.17, 15) is 8.42 Å². The molecule has 1 heterocycles. The van der Waals surface area contributed by atoms with Crippen molar-refractivity contribution in [3.63, 3.8) is 0 Å². The van der Waals surface area contributed by atoms with Gasteiger partial charge in [-0.2, -0.15) is 0 Å². The summed E-state index contributed by atoms with van der Waals surface area (Å²) in [5.41, 5.74) is 1.92. The molecule has 0 fully saturated rings. The van der Waals surface area contributed by atoms with Gasteiger partial charge in [0.1, 0.15) is 6.61 Å². The number of hydrogen-bond donors (Lipinski definition) is 1. The Labute approximate surface area is 182 Å². The van der Waals surface area contributed by atoms with E-state index in [4.69, 9.17) is 4.74 Å². The van der Waals surface area contributed by atoms with Gasteiger partial charge in [0.25, 0.3) is 10.0 Å². The maximum absolute atomic E-state index is 13.3. The van der Waals surface area contributed by atoms with Crippen LogP contribution in [0.1, 0.15) is 5.56 Å². The van der Waals surface area contributed by atoms with Crippen LogP contribution in [0.4, 0.5) is 11.5 Å². The second-order valence-corrected chi connectivity index (χ2v) is 8.90. The highest BCUT2D eigenvalue weighted by Gasteiger charge is 2.21. The molecule has 6 nitrogen and oxygen atoms in total. The van der Waals surface area contributed by atoms with Gasteiger partial charge in [0.2, 0.25) is 0 Å². The highest BCUT2D eigenvalue weighted by atomic mass is 32.2. The van der Waals surface area contributed by atoms with E-state index in [1.807, 2.05) is 73.6 Å². The minimum Gasteiger partial charge on any atom is -0.485 e. The highest BCUT2D eigenvalue weighted by molar-refractivity contribution is 7.93. The molecule has 3 aromatic carbocycles. The lowest BCUT2D eigenvalue weighted by atomic mass is 10.1. The Morgan fingerprint density at radius 1 is 0.871 bits per heavy atom. The van der Waals surface area contributed by atoms with Gasteiger partial charge in [-0.1, -0.05) is 54.6 Å². The molecule has 0 saturated heterocycles. The smallest absolute Gasteiger partial charge is 0.263 e. The zero-order valence-corrected chi connectivity index (χ0v) is 18.1. The van der Waals surface area contributed by atoms with Crippen LogP contribution < -0.4 is 14.4 Å². The molecule has 4 aromatic rings. The van der Waals surface area contributed by atoms with Crippen LogP contribution in [-0.4, -0.2) is 27.5 Å². The number of rotatable bonds is 7. The topological polar surface area (TPSA) is 71.5 Å². The zero-order chi connectivity index (χ0) is 21.8. The molecule has 0 aliphatic heterocycles. The van der Waals surface area contributed by atoms with Crippen molar-refractivity contribution < 1.29 is 13.2 Å². The quantitative estimate of drug-likeness (QED) is 0.458. The molecule has 4 rings (SSSR count). The average molecular weight is 434 g/mol. The van der Waals surface area contributed by atoms with E-state index in [0.717, 1.165) is 16.6 Å². The molecule has 1 N–H and O–H groups in total. The Balaban J connectivity index is 1.67. The van der Waals surface area contributed by atoms with Crippen molar-refractivity contribution in [3.05, 3.63) is 90.6 Å². The minimum atomic E-state index is -3.90. The average Bonchev–Trinajstić information content (AvgIpc) is 2.78. The van der Waals surface area contributed by atoms with Gasteiger partial charge in [-0.25, -0.2) is 13.4 Å². The van der Waals surface area contributed by atoms with Crippen LogP contribution in [0.2, 0.25) is 0 Å². The number of fused-ring (bicyclic) bond motifs is 1. The first-order valence-corrected chi connectivity index (χ1v) is 11.3. The second kappa shape index (κ2) is 8.65. The fraction of sp³-hybridized carbons (Fsp3) is 0.125. The molecule has 0 spiro atoms. The summed E-state index contributed by atoms with van der Waals surface area (Å²) < 4.78 is 35.1. The van der Waals surface area contributed by atoms with Gasteiger partial charge >= 0.3 is 0 Å². The molecule has 0 amide bonds. The molecule has 31 heavy (non-hydrogen) atoms. The molecule has 0 atom stereocenters. The summed E-state index contributed by atoms with van der Waals surface area (Å²) in [6.45, 7) is 0.307. The predicted molar refractivity (Wildman–Crippen MR) is 124 cm³/mol. The van der Waals surface area contributed by atoms with Crippen molar-refractivity contribution >= 4 is 32.3 Å². The maximum atomic E-state index is 13.3. The van der Waals surface area contributed by atoms with Crippen LogP contribution in [0.15, 0.2) is 90.0 Å². The third-order valence-electron chi connectivity index (χ3n) is 4.87. The fourth-order valence-electron chi connectivity index (χ4n) is 3.39. The molecule has 1 aromatic heterocycles. The zero-order valence-electron chi connectivity index (χ0n) is 17.3. The van der Waals surface area contributed by atoms with Crippen molar-refractivity contribution in [2.45, 2.75) is 11.5 Å². The number of sulfonamides is 1. The number of pyridine rings is 1. The Kier molecular flexibility index (Phi) is 5.77. The van der Waals surface area contributed by atoms with Crippen LogP contribution in [0.5, 0.6) is 5.75 Å². The molecule has 0 bridgehead atoms. The summed E-state index contributed by atoms with van der Waals surface area (Å²) in [6.07, 6.45) is 1.53. The molecule has 0 unspecified atom stereocenters. The van der Waals surface area contributed by atoms with Gasteiger partial charge in [-0.3, -0.25) is 4.72 Å². The number of nitrogens with zero attached hydrogens (tertiary/aromatic N) is 2. The van der Waals surface area contributed by atoms with Crippen LogP contribution in [0.3, 0.4) is 0 Å². The summed E-state index contributed by atoms with van der Waals surface area (Å²) in [5, 5.41) is 1.50. The first kappa shape index (κ1) is 20.7. The van der Waals surface area contributed by atoms with Crippen LogP contribution in [0, 0.1) is 0 Å². The van der Waals surface area contributed by atoms with Crippen LogP contribution >= 0.6 is 0 Å². The van der Waals surface area contributed by atoms with Gasteiger partial charge in [-0.05, 0) is 29.8 Å². The molecule has 0 radical (unpaired) electrons. The first-order chi connectivity index (χ1) is 15.0. The molecular formula is C24H23N3O3S. The van der Waals surface area contributed by atoms with E-state index < -0.39 is 10.0 Å². The van der Waals surface area contributed by atoms with Gasteiger partial charge in [0.05, 0.1) is 4.90 Å². The molecule has 0 aliphatic rings. The molecule has 0 aliphatic carbocycles. The van der Waals surface area contributed by atoms with Crippen molar-refractivity contribution in [1.82, 2.24) is 4.98 Å². The molecule has 158 valence electrons. The normalized spacial score (nSPS) is 11.3. The fourth-order valence-corrected chi connectivity index (χ4v) is 4.63. The van der Waals surface area contributed by atoms with Crippen molar-refractivity contribution in [2.24, 2.45) is 0 Å². The van der Waals surface area contributed by atoms with Crippen molar-refractivity contribution in [3.8, 4) is 5.75 Å². The Morgan fingerprint density at radius 3 is 2.39 bits per heavy atom. The second-order valence-electron chi connectivity index (χ2n) is 7.25. The third kappa shape index (κ3) is 4.46. The van der Waals surface area contributed by atoms with E-state index >= 15 is 0 Å². The lowest BCUT2D eigenvalue weighted by Gasteiger charge is -2.17. The maximum Gasteiger partial charge on any atom is 0.263 e. The molecular weight excluding hydrogens is 410 g/mol. The van der Waals surface area contributed by atoms with Gasteiger partial charge < -0.3 is 9.64 Å². The predicted octanol–water partition coefficient (Wildman–Crippen LogP) is 4.68. The summed E-state index contributed by atoms with van der Waals surface area (Å²) in [6, 6.07) is 23.9. The van der Waals surface area contributed by atoms with Gasteiger partial charge in [0.15, 0.2) is 11.6 Å². The number of ether oxygens (including phenoxy) is 1. The van der Waals surface area contributed by atoms with E-state index in [0.29, 0.717) is 17.7 Å². The molecule has 0 saturated carbocycles. The molecule has 7 heteroatoms.